The highest BCUT2D eigenvalue weighted by molar-refractivity contribution is 6.01. The Morgan fingerprint density at radius 2 is 2.22 bits per heavy atom. The fourth-order valence-electron chi connectivity index (χ4n) is 2.17. The van der Waals surface area contributed by atoms with Crippen LogP contribution >= 0.6 is 0 Å². The second-order valence-electron chi connectivity index (χ2n) is 4.49. The molecule has 1 heterocycles. The molecule has 0 radical (unpaired) electrons. The number of carbonyl (C=O) groups excluding carboxylic acids is 1. The van der Waals surface area contributed by atoms with Crippen LogP contribution in [0.25, 0.3) is 6.08 Å². The maximum absolute atomic E-state index is 11.9. The van der Waals surface area contributed by atoms with Gasteiger partial charge in [-0.15, -0.1) is 0 Å². The Kier molecular flexibility index (Phi) is 4.19. The van der Waals surface area contributed by atoms with E-state index < -0.39 is 0 Å². The fourth-order valence-corrected chi connectivity index (χ4v) is 2.17. The number of nitrogens with one attached hydrogen (secondary N) is 1. The topological polar surface area (TPSA) is 66.0 Å². The third-order valence-electron chi connectivity index (χ3n) is 3.14. The quantitative estimate of drug-likeness (QED) is 0.656. The zero-order chi connectivity index (χ0) is 12.8. The molecule has 1 aromatic rings. The number of carbonyl (C=O) groups is 1. The summed E-state index contributed by atoms with van der Waals surface area (Å²) >= 11 is 0. The van der Waals surface area contributed by atoms with E-state index in [2.05, 4.69) is 5.32 Å². The van der Waals surface area contributed by atoms with Gasteiger partial charge in [0.15, 0.2) is 0 Å². The molecule has 1 saturated carbocycles. The first-order valence-corrected chi connectivity index (χ1v) is 6.26. The molecule has 1 aromatic heterocycles. The largest absolute Gasteiger partial charge is 0.465 e. The summed E-state index contributed by atoms with van der Waals surface area (Å²) in [5.41, 5.74) is 0.0931. The minimum absolute atomic E-state index is 0.0931. The summed E-state index contributed by atoms with van der Waals surface area (Å²) in [6.45, 7) is 0. The third kappa shape index (κ3) is 3.24. The Bertz CT molecular complexity index is 462. The van der Waals surface area contributed by atoms with E-state index in [4.69, 9.17) is 9.68 Å². The first kappa shape index (κ1) is 12.4. The standard InChI is InChI=1S/C14H16N2O2/c15-10-11(9-13-7-4-8-18-13)14(17)16-12-5-2-1-3-6-12/h4,7-9,12H,1-3,5-6H2,(H,16,17)/b11-9-. The van der Waals surface area contributed by atoms with Gasteiger partial charge in [-0.3, -0.25) is 4.79 Å². The number of rotatable bonds is 3. The predicted octanol–water partition coefficient (Wildman–Crippen LogP) is 2.64. The van der Waals surface area contributed by atoms with Crippen molar-refractivity contribution in [3.05, 3.63) is 29.7 Å². The minimum atomic E-state index is -0.305. The van der Waals surface area contributed by atoms with Crippen LogP contribution in [0, 0.1) is 11.3 Å². The number of nitriles is 1. The van der Waals surface area contributed by atoms with Gasteiger partial charge >= 0.3 is 0 Å². The van der Waals surface area contributed by atoms with Crippen LogP contribution in [0.4, 0.5) is 0 Å². The number of amides is 1. The molecule has 2 rings (SSSR count). The highest BCUT2D eigenvalue weighted by atomic mass is 16.3. The molecule has 1 aliphatic carbocycles. The average Bonchev–Trinajstić information content (AvgIpc) is 2.90. The number of nitrogens with zero attached hydrogens (tertiary/aromatic N) is 1. The van der Waals surface area contributed by atoms with Crippen LogP contribution in [-0.4, -0.2) is 11.9 Å². The molecule has 0 aromatic carbocycles. The molecule has 1 aliphatic rings. The van der Waals surface area contributed by atoms with E-state index >= 15 is 0 Å². The molecule has 0 saturated heterocycles. The van der Waals surface area contributed by atoms with Gasteiger partial charge in [-0.05, 0) is 25.0 Å². The summed E-state index contributed by atoms with van der Waals surface area (Å²) in [6.07, 6.45) is 8.53. The summed E-state index contributed by atoms with van der Waals surface area (Å²) in [6, 6.07) is 5.56. The van der Waals surface area contributed by atoms with E-state index in [1.807, 2.05) is 6.07 Å². The van der Waals surface area contributed by atoms with Gasteiger partial charge < -0.3 is 9.73 Å². The molecule has 18 heavy (non-hydrogen) atoms. The molecular weight excluding hydrogens is 228 g/mol. The van der Waals surface area contributed by atoms with Gasteiger partial charge in [0.2, 0.25) is 0 Å². The van der Waals surface area contributed by atoms with Crippen molar-refractivity contribution < 1.29 is 9.21 Å². The summed E-state index contributed by atoms with van der Waals surface area (Å²) in [5.74, 6) is 0.214. The van der Waals surface area contributed by atoms with Crippen LogP contribution < -0.4 is 5.32 Å². The SMILES string of the molecule is N#C/C(=C/c1ccco1)C(=O)NC1CCCCC1. The molecule has 94 valence electrons. The van der Waals surface area contributed by atoms with E-state index in [-0.39, 0.29) is 17.5 Å². The molecule has 1 N–H and O–H groups in total. The molecule has 1 amide bonds. The van der Waals surface area contributed by atoms with Gasteiger partial charge in [-0.2, -0.15) is 5.26 Å². The molecule has 0 atom stereocenters. The van der Waals surface area contributed by atoms with E-state index in [1.54, 1.807) is 12.1 Å². The van der Waals surface area contributed by atoms with Crippen LogP contribution in [0.15, 0.2) is 28.4 Å². The molecule has 4 nitrogen and oxygen atoms in total. The van der Waals surface area contributed by atoms with Crippen LogP contribution in [-0.2, 0) is 4.79 Å². The van der Waals surface area contributed by atoms with Crippen molar-refractivity contribution in [2.24, 2.45) is 0 Å². The first-order chi connectivity index (χ1) is 8.79. The van der Waals surface area contributed by atoms with Gasteiger partial charge in [0.05, 0.1) is 6.26 Å². The van der Waals surface area contributed by atoms with Crippen LogP contribution in [0.2, 0.25) is 0 Å². The highest BCUT2D eigenvalue weighted by Gasteiger charge is 2.18. The Balaban J connectivity index is 2.00. The normalized spacial score (nSPS) is 17.2. The van der Waals surface area contributed by atoms with E-state index in [0.717, 1.165) is 25.7 Å². The lowest BCUT2D eigenvalue weighted by Crippen LogP contribution is -2.36. The number of hydrogen-bond donors (Lipinski definition) is 1. The smallest absolute Gasteiger partial charge is 0.262 e. The number of hydrogen-bond acceptors (Lipinski definition) is 3. The second kappa shape index (κ2) is 6.06. The van der Waals surface area contributed by atoms with Crippen molar-refractivity contribution in [2.75, 3.05) is 0 Å². The fraction of sp³-hybridized carbons (Fsp3) is 0.429. The lowest BCUT2D eigenvalue weighted by Gasteiger charge is -2.22. The van der Waals surface area contributed by atoms with Gasteiger partial charge in [0, 0.05) is 12.1 Å². The van der Waals surface area contributed by atoms with Crippen molar-refractivity contribution in [1.82, 2.24) is 5.32 Å². The van der Waals surface area contributed by atoms with Gasteiger partial charge in [-0.1, -0.05) is 19.3 Å². The van der Waals surface area contributed by atoms with Crippen LogP contribution in [0.3, 0.4) is 0 Å². The maximum Gasteiger partial charge on any atom is 0.262 e. The number of furan rings is 1. The van der Waals surface area contributed by atoms with Crippen molar-refractivity contribution in [3.63, 3.8) is 0 Å². The van der Waals surface area contributed by atoms with Crippen molar-refractivity contribution in [2.45, 2.75) is 38.1 Å². The van der Waals surface area contributed by atoms with E-state index in [1.165, 1.54) is 18.8 Å². The predicted molar refractivity (Wildman–Crippen MR) is 67.3 cm³/mol. The maximum atomic E-state index is 11.9. The van der Waals surface area contributed by atoms with Crippen molar-refractivity contribution in [3.8, 4) is 6.07 Å². The minimum Gasteiger partial charge on any atom is -0.465 e. The lowest BCUT2D eigenvalue weighted by atomic mass is 9.95. The van der Waals surface area contributed by atoms with Gasteiger partial charge in [0.1, 0.15) is 17.4 Å². The van der Waals surface area contributed by atoms with Gasteiger partial charge in [0.25, 0.3) is 5.91 Å². The first-order valence-electron chi connectivity index (χ1n) is 6.26. The second-order valence-corrected chi connectivity index (χ2v) is 4.49. The molecule has 1 fully saturated rings. The summed E-state index contributed by atoms with van der Waals surface area (Å²) < 4.78 is 5.10. The van der Waals surface area contributed by atoms with Crippen LogP contribution in [0.1, 0.15) is 37.9 Å². The van der Waals surface area contributed by atoms with Crippen LogP contribution in [0.5, 0.6) is 0 Å². The molecular formula is C14H16N2O2. The Hall–Kier alpha value is -2.02. The van der Waals surface area contributed by atoms with E-state index in [0.29, 0.717) is 5.76 Å². The average molecular weight is 244 g/mol. The third-order valence-corrected chi connectivity index (χ3v) is 3.14. The lowest BCUT2D eigenvalue weighted by molar-refractivity contribution is -0.117. The summed E-state index contributed by atoms with van der Waals surface area (Å²) in [5, 5.41) is 11.9. The van der Waals surface area contributed by atoms with Gasteiger partial charge in [-0.25, -0.2) is 0 Å². The zero-order valence-electron chi connectivity index (χ0n) is 10.2. The Morgan fingerprint density at radius 1 is 1.44 bits per heavy atom. The summed E-state index contributed by atoms with van der Waals surface area (Å²) in [4.78, 5) is 11.9. The molecule has 0 aliphatic heterocycles. The summed E-state index contributed by atoms with van der Waals surface area (Å²) in [7, 11) is 0. The monoisotopic (exact) mass is 244 g/mol. The zero-order valence-corrected chi connectivity index (χ0v) is 10.2. The molecule has 0 bridgehead atoms. The molecule has 4 heteroatoms. The highest BCUT2D eigenvalue weighted by Crippen LogP contribution is 2.18. The molecule has 0 unspecified atom stereocenters. The van der Waals surface area contributed by atoms with Crippen molar-refractivity contribution >= 4 is 12.0 Å². The molecule has 0 spiro atoms. The van der Waals surface area contributed by atoms with E-state index in [9.17, 15) is 4.79 Å². The Morgan fingerprint density at radius 3 is 2.83 bits per heavy atom. The Labute approximate surface area is 106 Å². The van der Waals surface area contributed by atoms with Crippen molar-refractivity contribution in [1.29, 1.82) is 5.26 Å².